The lowest BCUT2D eigenvalue weighted by molar-refractivity contribution is 0.104. The summed E-state index contributed by atoms with van der Waals surface area (Å²) >= 11 is 0. The van der Waals surface area contributed by atoms with Crippen molar-refractivity contribution in [2.75, 3.05) is 19.8 Å². The van der Waals surface area contributed by atoms with Gasteiger partial charge in [0.25, 0.3) is 0 Å². The fourth-order valence-corrected chi connectivity index (χ4v) is 1.72. The molecule has 1 rings (SSSR count). The molecule has 0 amide bonds. The largest absolute Gasteiger partial charge is 0.380 e. The highest BCUT2D eigenvalue weighted by molar-refractivity contribution is 4.81. The Kier molecular flexibility index (Phi) is 4.74. The number of hydrogen-bond donors (Lipinski definition) is 1. The summed E-state index contributed by atoms with van der Waals surface area (Å²) in [6.45, 7) is 9.45. The molecule has 2 heteroatoms. The van der Waals surface area contributed by atoms with Crippen molar-refractivity contribution in [1.82, 2.24) is 5.32 Å². The van der Waals surface area contributed by atoms with Crippen molar-refractivity contribution >= 4 is 0 Å². The van der Waals surface area contributed by atoms with Gasteiger partial charge in [-0.05, 0) is 24.7 Å². The SMILES string of the molecule is CC(C)COCCNC1CC(C)C1. The Morgan fingerprint density at radius 2 is 2.08 bits per heavy atom. The summed E-state index contributed by atoms with van der Waals surface area (Å²) in [4.78, 5) is 0. The minimum atomic E-state index is 0.656. The Morgan fingerprint density at radius 1 is 1.38 bits per heavy atom. The molecule has 0 unspecified atom stereocenters. The van der Waals surface area contributed by atoms with E-state index in [2.05, 4.69) is 26.1 Å². The van der Waals surface area contributed by atoms with E-state index in [1.54, 1.807) is 0 Å². The van der Waals surface area contributed by atoms with Gasteiger partial charge in [-0.15, -0.1) is 0 Å². The van der Waals surface area contributed by atoms with E-state index in [1.165, 1.54) is 12.8 Å². The van der Waals surface area contributed by atoms with Crippen LogP contribution in [0.25, 0.3) is 0 Å². The zero-order valence-electron chi connectivity index (χ0n) is 9.18. The number of nitrogens with one attached hydrogen (secondary N) is 1. The lowest BCUT2D eigenvalue weighted by Gasteiger charge is -2.33. The highest BCUT2D eigenvalue weighted by Crippen LogP contribution is 2.25. The van der Waals surface area contributed by atoms with E-state index in [0.717, 1.165) is 31.7 Å². The van der Waals surface area contributed by atoms with Crippen LogP contribution in [0, 0.1) is 11.8 Å². The molecular formula is C11H23NO. The van der Waals surface area contributed by atoms with Gasteiger partial charge in [0.1, 0.15) is 0 Å². The van der Waals surface area contributed by atoms with Gasteiger partial charge in [-0.25, -0.2) is 0 Å². The third-order valence-corrected chi connectivity index (χ3v) is 2.50. The first-order valence-corrected chi connectivity index (χ1v) is 5.49. The summed E-state index contributed by atoms with van der Waals surface area (Å²) in [6, 6.07) is 0.776. The van der Waals surface area contributed by atoms with Crippen molar-refractivity contribution in [3.63, 3.8) is 0 Å². The van der Waals surface area contributed by atoms with E-state index < -0.39 is 0 Å². The normalized spacial score (nSPS) is 27.7. The number of rotatable bonds is 6. The highest BCUT2D eigenvalue weighted by Gasteiger charge is 2.23. The molecule has 78 valence electrons. The second-order valence-electron chi connectivity index (χ2n) is 4.70. The van der Waals surface area contributed by atoms with Gasteiger partial charge >= 0.3 is 0 Å². The molecule has 0 atom stereocenters. The molecule has 0 aliphatic heterocycles. The van der Waals surface area contributed by atoms with E-state index in [9.17, 15) is 0 Å². The van der Waals surface area contributed by atoms with Gasteiger partial charge in [0.05, 0.1) is 6.61 Å². The zero-order valence-corrected chi connectivity index (χ0v) is 9.18. The Balaban J connectivity index is 1.79. The average molecular weight is 185 g/mol. The zero-order chi connectivity index (χ0) is 9.68. The summed E-state index contributed by atoms with van der Waals surface area (Å²) in [5, 5.41) is 3.50. The molecule has 1 aliphatic carbocycles. The smallest absolute Gasteiger partial charge is 0.0591 e. The van der Waals surface area contributed by atoms with Gasteiger partial charge in [0, 0.05) is 19.2 Å². The third kappa shape index (κ3) is 4.63. The molecule has 2 nitrogen and oxygen atoms in total. The molecular weight excluding hydrogens is 162 g/mol. The molecule has 0 saturated heterocycles. The molecule has 13 heavy (non-hydrogen) atoms. The van der Waals surface area contributed by atoms with Crippen LogP contribution in [0.1, 0.15) is 33.6 Å². The summed E-state index contributed by atoms with van der Waals surface area (Å²) in [6.07, 6.45) is 2.70. The lowest BCUT2D eigenvalue weighted by atomic mass is 9.82. The van der Waals surface area contributed by atoms with Crippen molar-refractivity contribution in [3.8, 4) is 0 Å². The van der Waals surface area contributed by atoms with Crippen LogP contribution in [0.3, 0.4) is 0 Å². The highest BCUT2D eigenvalue weighted by atomic mass is 16.5. The van der Waals surface area contributed by atoms with Crippen LogP contribution in [0.15, 0.2) is 0 Å². The Bertz CT molecular complexity index is 130. The quantitative estimate of drug-likeness (QED) is 0.639. The Hall–Kier alpha value is -0.0800. The molecule has 1 fully saturated rings. The molecule has 0 heterocycles. The van der Waals surface area contributed by atoms with Crippen molar-refractivity contribution in [2.45, 2.75) is 39.7 Å². The van der Waals surface area contributed by atoms with Gasteiger partial charge in [-0.1, -0.05) is 20.8 Å². The van der Waals surface area contributed by atoms with E-state index >= 15 is 0 Å². The number of ether oxygens (including phenoxy) is 1. The summed E-state index contributed by atoms with van der Waals surface area (Å²) in [5.74, 6) is 1.60. The van der Waals surface area contributed by atoms with Crippen molar-refractivity contribution < 1.29 is 4.74 Å². The third-order valence-electron chi connectivity index (χ3n) is 2.50. The minimum absolute atomic E-state index is 0.656. The monoisotopic (exact) mass is 185 g/mol. The maximum absolute atomic E-state index is 5.48. The van der Waals surface area contributed by atoms with Crippen LogP contribution < -0.4 is 5.32 Å². The summed E-state index contributed by atoms with van der Waals surface area (Å²) < 4.78 is 5.48. The van der Waals surface area contributed by atoms with Crippen LogP contribution in [-0.2, 0) is 4.74 Å². The first kappa shape index (κ1) is 11.0. The van der Waals surface area contributed by atoms with Crippen LogP contribution in [0.5, 0.6) is 0 Å². The first-order valence-electron chi connectivity index (χ1n) is 5.49. The van der Waals surface area contributed by atoms with Crippen molar-refractivity contribution in [3.05, 3.63) is 0 Å². The molecule has 0 spiro atoms. The van der Waals surface area contributed by atoms with Gasteiger partial charge in [-0.2, -0.15) is 0 Å². The van der Waals surface area contributed by atoms with E-state index in [4.69, 9.17) is 4.74 Å². The summed E-state index contributed by atoms with van der Waals surface area (Å²) in [5.41, 5.74) is 0. The van der Waals surface area contributed by atoms with Crippen molar-refractivity contribution in [1.29, 1.82) is 0 Å². The standard InChI is InChI=1S/C11H23NO/c1-9(2)8-13-5-4-12-11-6-10(3)7-11/h9-12H,4-8H2,1-3H3. The van der Waals surface area contributed by atoms with Gasteiger partial charge in [0.15, 0.2) is 0 Å². The maximum atomic E-state index is 5.48. The average Bonchev–Trinajstić information content (AvgIpc) is 1.99. The van der Waals surface area contributed by atoms with Crippen molar-refractivity contribution in [2.24, 2.45) is 11.8 Å². The lowest BCUT2D eigenvalue weighted by Crippen LogP contribution is -2.41. The molecule has 0 aromatic carbocycles. The number of hydrogen-bond acceptors (Lipinski definition) is 2. The van der Waals surface area contributed by atoms with E-state index in [0.29, 0.717) is 5.92 Å². The predicted molar refractivity (Wildman–Crippen MR) is 55.8 cm³/mol. The molecule has 0 aromatic heterocycles. The van der Waals surface area contributed by atoms with Gasteiger partial charge in [-0.3, -0.25) is 0 Å². The fraction of sp³-hybridized carbons (Fsp3) is 1.00. The second kappa shape index (κ2) is 5.61. The molecule has 1 saturated carbocycles. The molecule has 0 bridgehead atoms. The molecule has 0 aromatic rings. The fourth-order valence-electron chi connectivity index (χ4n) is 1.72. The van der Waals surface area contributed by atoms with Crippen LogP contribution in [-0.4, -0.2) is 25.8 Å². The van der Waals surface area contributed by atoms with Crippen LogP contribution in [0.4, 0.5) is 0 Å². The Morgan fingerprint density at radius 3 is 2.62 bits per heavy atom. The maximum Gasteiger partial charge on any atom is 0.0591 e. The molecule has 0 radical (unpaired) electrons. The van der Waals surface area contributed by atoms with Gasteiger partial charge < -0.3 is 10.1 Å². The molecule has 1 N–H and O–H groups in total. The van der Waals surface area contributed by atoms with Crippen LogP contribution >= 0.6 is 0 Å². The predicted octanol–water partition coefficient (Wildman–Crippen LogP) is 2.05. The van der Waals surface area contributed by atoms with E-state index in [-0.39, 0.29) is 0 Å². The summed E-state index contributed by atoms with van der Waals surface area (Å²) in [7, 11) is 0. The minimum Gasteiger partial charge on any atom is -0.380 e. The first-order chi connectivity index (χ1) is 6.18. The van der Waals surface area contributed by atoms with Gasteiger partial charge in [0.2, 0.25) is 0 Å². The Labute approximate surface area is 82.0 Å². The topological polar surface area (TPSA) is 21.3 Å². The van der Waals surface area contributed by atoms with Crippen LogP contribution in [0.2, 0.25) is 0 Å². The van der Waals surface area contributed by atoms with E-state index in [1.807, 2.05) is 0 Å². The second-order valence-corrected chi connectivity index (χ2v) is 4.70. The molecule has 1 aliphatic rings.